The van der Waals surface area contributed by atoms with E-state index in [9.17, 15) is 0 Å². The minimum Gasteiger partial charge on any atom is -0.495 e. The lowest BCUT2D eigenvalue weighted by atomic mass is 10.2. The van der Waals surface area contributed by atoms with Crippen molar-refractivity contribution in [3.8, 4) is 5.75 Å². The van der Waals surface area contributed by atoms with Gasteiger partial charge in [-0.2, -0.15) is 5.10 Å². The third-order valence-electron chi connectivity index (χ3n) is 2.96. The lowest BCUT2D eigenvalue weighted by Crippen LogP contribution is -2.01. The number of aryl methyl sites for hydroxylation is 2. The van der Waals surface area contributed by atoms with E-state index in [1.165, 1.54) is 5.56 Å². The minimum atomic E-state index is 0.766. The van der Waals surface area contributed by atoms with Crippen molar-refractivity contribution in [2.24, 2.45) is 7.05 Å². The first-order valence-corrected chi connectivity index (χ1v) is 7.02. The number of aromatic nitrogens is 2. The van der Waals surface area contributed by atoms with Gasteiger partial charge in [0.1, 0.15) is 5.75 Å². The Bertz CT molecular complexity index is 566. The maximum absolute atomic E-state index is 5.28. The summed E-state index contributed by atoms with van der Waals surface area (Å²) >= 11 is 3.45. The Morgan fingerprint density at radius 2 is 2.21 bits per heavy atom. The second-order valence-electron chi connectivity index (χ2n) is 4.33. The van der Waals surface area contributed by atoms with Crippen LogP contribution >= 0.6 is 15.9 Å². The van der Waals surface area contributed by atoms with Crippen molar-refractivity contribution >= 4 is 21.6 Å². The second-order valence-corrected chi connectivity index (χ2v) is 5.19. The maximum atomic E-state index is 5.28. The molecule has 0 amide bonds. The molecule has 4 nitrogen and oxygen atoms in total. The Hall–Kier alpha value is -1.49. The number of hydrogen-bond acceptors (Lipinski definition) is 3. The van der Waals surface area contributed by atoms with Crippen molar-refractivity contribution in [2.75, 3.05) is 12.4 Å². The molecule has 2 rings (SSSR count). The van der Waals surface area contributed by atoms with Crippen molar-refractivity contribution in [3.05, 3.63) is 40.1 Å². The highest BCUT2D eigenvalue weighted by Gasteiger charge is 2.06. The lowest BCUT2D eigenvalue weighted by molar-refractivity contribution is 0.412. The first-order valence-electron chi connectivity index (χ1n) is 6.22. The Morgan fingerprint density at radius 1 is 1.42 bits per heavy atom. The molecule has 0 fully saturated rings. The zero-order chi connectivity index (χ0) is 13.8. The van der Waals surface area contributed by atoms with Gasteiger partial charge in [-0.1, -0.05) is 6.92 Å². The molecule has 0 spiro atoms. The summed E-state index contributed by atoms with van der Waals surface area (Å²) in [5.41, 5.74) is 3.40. The Kier molecular flexibility index (Phi) is 4.47. The molecule has 1 aromatic heterocycles. The summed E-state index contributed by atoms with van der Waals surface area (Å²) in [6, 6.07) is 5.98. The normalized spacial score (nSPS) is 10.5. The molecule has 102 valence electrons. The van der Waals surface area contributed by atoms with Gasteiger partial charge in [-0.15, -0.1) is 0 Å². The van der Waals surface area contributed by atoms with Gasteiger partial charge in [0.2, 0.25) is 0 Å². The summed E-state index contributed by atoms with van der Waals surface area (Å²) in [5, 5.41) is 7.83. The van der Waals surface area contributed by atoms with E-state index in [4.69, 9.17) is 4.74 Å². The average molecular weight is 324 g/mol. The van der Waals surface area contributed by atoms with Gasteiger partial charge in [0.25, 0.3) is 0 Å². The first kappa shape index (κ1) is 13.9. The number of methoxy groups -OCH3 is 1. The molecule has 19 heavy (non-hydrogen) atoms. The van der Waals surface area contributed by atoms with Gasteiger partial charge in [0.05, 0.1) is 17.3 Å². The van der Waals surface area contributed by atoms with E-state index in [0.717, 1.165) is 34.6 Å². The number of halogens is 1. The van der Waals surface area contributed by atoms with Crippen LogP contribution in [0.3, 0.4) is 0 Å². The molecule has 0 bridgehead atoms. The molecular weight excluding hydrogens is 306 g/mol. The number of nitrogens with one attached hydrogen (secondary N) is 1. The van der Waals surface area contributed by atoms with Gasteiger partial charge in [-0.3, -0.25) is 4.68 Å². The van der Waals surface area contributed by atoms with Crippen molar-refractivity contribution in [3.63, 3.8) is 0 Å². The van der Waals surface area contributed by atoms with Gasteiger partial charge in [-0.25, -0.2) is 0 Å². The first-order chi connectivity index (χ1) is 9.13. The van der Waals surface area contributed by atoms with Gasteiger partial charge < -0.3 is 10.1 Å². The summed E-state index contributed by atoms with van der Waals surface area (Å²) in [6.45, 7) is 2.89. The largest absolute Gasteiger partial charge is 0.495 e. The molecule has 0 aliphatic carbocycles. The molecule has 0 saturated carbocycles. The highest BCUT2D eigenvalue weighted by molar-refractivity contribution is 9.10. The number of ether oxygens (including phenoxy) is 1. The highest BCUT2D eigenvalue weighted by Crippen LogP contribution is 2.28. The van der Waals surface area contributed by atoms with Gasteiger partial charge >= 0.3 is 0 Å². The average Bonchev–Trinajstić information content (AvgIpc) is 2.78. The summed E-state index contributed by atoms with van der Waals surface area (Å²) < 4.78 is 8.10. The molecular formula is C14H18BrN3O. The van der Waals surface area contributed by atoms with E-state index < -0.39 is 0 Å². The van der Waals surface area contributed by atoms with Crippen LogP contribution in [0, 0.1) is 0 Å². The van der Waals surface area contributed by atoms with Gasteiger partial charge in [-0.05, 0) is 34.5 Å². The summed E-state index contributed by atoms with van der Waals surface area (Å²) in [5.74, 6) is 0.826. The highest BCUT2D eigenvalue weighted by atomic mass is 79.9. The number of nitrogens with zero attached hydrogens (tertiary/aromatic N) is 2. The standard InChI is InChI=1S/C14H18BrN3O/c1-4-13-10(9-18(2)17-13)8-16-11-5-6-12(15)14(7-11)19-3/h5-7,9,16H,4,8H2,1-3H3. The van der Waals surface area contributed by atoms with Crippen LogP contribution in [0.4, 0.5) is 5.69 Å². The second kappa shape index (κ2) is 6.10. The van der Waals surface area contributed by atoms with E-state index in [0.29, 0.717) is 0 Å². The van der Waals surface area contributed by atoms with Gasteiger partial charge in [0, 0.05) is 37.1 Å². The Balaban J connectivity index is 2.09. The van der Waals surface area contributed by atoms with Crippen molar-refractivity contribution in [1.29, 1.82) is 0 Å². The van der Waals surface area contributed by atoms with E-state index in [1.807, 2.05) is 29.9 Å². The Morgan fingerprint density at radius 3 is 2.89 bits per heavy atom. The maximum Gasteiger partial charge on any atom is 0.135 e. The van der Waals surface area contributed by atoms with Crippen molar-refractivity contribution < 1.29 is 4.74 Å². The smallest absolute Gasteiger partial charge is 0.135 e. The van der Waals surface area contributed by atoms with Crippen molar-refractivity contribution in [2.45, 2.75) is 19.9 Å². The van der Waals surface area contributed by atoms with Crippen LogP contribution in [-0.2, 0) is 20.0 Å². The van der Waals surface area contributed by atoms with Crippen molar-refractivity contribution in [1.82, 2.24) is 9.78 Å². The van der Waals surface area contributed by atoms with E-state index in [1.54, 1.807) is 7.11 Å². The topological polar surface area (TPSA) is 39.1 Å². The van der Waals surface area contributed by atoms with Crippen LogP contribution in [0.1, 0.15) is 18.2 Å². The fourth-order valence-corrected chi connectivity index (χ4v) is 2.40. The van der Waals surface area contributed by atoms with Crippen LogP contribution in [-0.4, -0.2) is 16.9 Å². The van der Waals surface area contributed by atoms with Gasteiger partial charge in [0.15, 0.2) is 0 Å². The summed E-state index contributed by atoms with van der Waals surface area (Å²) in [7, 11) is 3.62. The zero-order valence-corrected chi connectivity index (χ0v) is 13.0. The van der Waals surface area contributed by atoms with Crippen LogP contribution in [0.5, 0.6) is 5.75 Å². The minimum absolute atomic E-state index is 0.766. The number of rotatable bonds is 5. The molecule has 1 aromatic carbocycles. The van der Waals surface area contributed by atoms with E-state index >= 15 is 0 Å². The third kappa shape index (κ3) is 3.29. The Labute approximate surface area is 121 Å². The third-order valence-corrected chi connectivity index (χ3v) is 3.62. The summed E-state index contributed by atoms with van der Waals surface area (Å²) in [4.78, 5) is 0. The monoisotopic (exact) mass is 323 g/mol. The molecule has 0 aliphatic rings. The predicted octanol–water partition coefficient (Wildman–Crippen LogP) is 3.37. The lowest BCUT2D eigenvalue weighted by Gasteiger charge is -2.09. The molecule has 1 N–H and O–H groups in total. The fourth-order valence-electron chi connectivity index (χ4n) is 2.00. The van der Waals surface area contributed by atoms with Crippen LogP contribution < -0.4 is 10.1 Å². The SMILES string of the molecule is CCc1nn(C)cc1CNc1ccc(Br)c(OC)c1. The molecule has 0 atom stereocenters. The van der Waals surface area contributed by atoms with Crippen LogP contribution in [0.15, 0.2) is 28.9 Å². The number of benzene rings is 1. The molecule has 5 heteroatoms. The molecule has 0 radical (unpaired) electrons. The molecule has 2 aromatic rings. The summed E-state index contributed by atoms with van der Waals surface area (Å²) in [6.07, 6.45) is 3.00. The van der Waals surface area contributed by atoms with E-state index in [2.05, 4.69) is 39.5 Å². The van der Waals surface area contributed by atoms with Crippen LogP contribution in [0.25, 0.3) is 0 Å². The predicted molar refractivity (Wildman–Crippen MR) is 80.6 cm³/mol. The zero-order valence-electron chi connectivity index (χ0n) is 11.4. The van der Waals surface area contributed by atoms with E-state index in [-0.39, 0.29) is 0 Å². The number of anilines is 1. The molecule has 0 saturated heterocycles. The fraction of sp³-hybridized carbons (Fsp3) is 0.357. The quantitative estimate of drug-likeness (QED) is 0.917. The van der Waals surface area contributed by atoms with Crippen LogP contribution in [0.2, 0.25) is 0 Å². The molecule has 0 unspecified atom stereocenters. The molecule has 1 heterocycles. The molecule has 0 aliphatic heterocycles. The number of hydrogen-bond donors (Lipinski definition) is 1.